The van der Waals surface area contributed by atoms with Crippen LogP contribution in [0.4, 0.5) is 0 Å². The first-order valence-corrected chi connectivity index (χ1v) is 7.85. The van der Waals surface area contributed by atoms with E-state index in [1.54, 1.807) is 19.9 Å². The highest BCUT2D eigenvalue weighted by atomic mass is 35.5. The number of nitrogens with one attached hydrogen (secondary N) is 1. The van der Waals surface area contributed by atoms with Crippen molar-refractivity contribution in [2.75, 3.05) is 6.26 Å². The Kier molecular flexibility index (Phi) is 4.78. The molecule has 6 heteroatoms. The van der Waals surface area contributed by atoms with Gasteiger partial charge in [-0.3, -0.25) is 11.3 Å². The van der Waals surface area contributed by atoms with Gasteiger partial charge in [-0.1, -0.05) is 23.7 Å². The van der Waals surface area contributed by atoms with Crippen molar-refractivity contribution < 1.29 is 8.42 Å². The second kappa shape index (κ2) is 5.57. The lowest BCUT2D eigenvalue weighted by Gasteiger charge is -2.32. The first-order chi connectivity index (χ1) is 8.18. The van der Waals surface area contributed by atoms with Crippen molar-refractivity contribution in [1.29, 1.82) is 0 Å². The van der Waals surface area contributed by atoms with Crippen LogP contribution in [0.15, 0.2) is 24.3 Å². The standard InChI is InChI=1S/C12H19ClN2O2S/c1-12(2,18(3,16)17)11(15-14)8-9-5-4-6-10(13)7-9/h4-7,11,15H,8,14H2,1-3H3. The largest absolute Gasteiger partial charge is 0.271 e. The number of hydrazine groups is 1. The molecule has 0 saturated heterocycles. The van der Waals surface area contributed by atoms with E-state index in [1.165, 1.54) is 6.26 Å². The van der Waals surface area contributed by atoms with Crippen LogP contribution in [-0.2, 0) is 16.3 Å². The SMILES string of the molecule is CC(C)(C(Cc1cccc(Cl)c1)NN)S(C)(=O)=O. The molecule has 0 heterocycles. The Morgan fingerprint density at radius 2 is 2.06 bits per heavy atom. The molecular formula is C12H19ClN2O2S. The molecule has 1 aromatic rings. The lowest BCUT2D eigenvalue weighted by atomic mass is 9.96. The molecule has 0 fully saturated rings. The number of hydrogen-bond acceptors (Lipinski definition) is 4. The summed E-state index contributed by atoms with van der Waals surface area (Å²) >= 11 is 5.91. The number of hydrogen-bond donors (Lipinski definition) is 2. The van der Waals surface area contributed by atoms with E-state index in [2.05, 4.69) is 5.43 Å². The van der Waals surface area contributed by atoms with Gasteiger partial charge in [0.05, 0.1) is 4.75 Å². The molecule has 1 unspecified atom stereocenters. The topological polar surface area (TPSA) is 72.2 Å². The average molecular weight is 291 g/mol. The van der Waals surface area contributed by atoms with Gasteiger partial charge in [0.1, 0.15) is 0 Å². The lowest BCUT2D eigenvalue weighted by molar-refractivity contribution is 0.413. The third-order valence-corrected chi connectivity index (χ3v) is 5.76. The van der Waals surface area contributed by atoms with Crippen molar-refractivity contribution in [2.45, 2.75) is 31.1 Å². The monoisotopic (exact) mass is 290 g/mol. The first kappa shape index (κ1) is 15.4. The quantitative estimate of drug-likeness (QED) is 0.637. The minimum Gasteiger partial charge on any atom is -0.271 e. The Hall–Kier alpha value is -0.620. The van der Waals surface area contributed by atoms with Gasteiger partial charge >= 0.3 is 0 Å². The molecule has 3 N–H and O–H groups in total. The summed E-state index contributed by atoms with van der Waals surface area (Å²) in [6.07, 6.45) is 1.71. The molecule has 0 bridgehead atoms. The molecule has 0 saturated carbocycles. The second-order valence-corrected chi connectivity index (χ2v) is 7.96. The number of sulfone groups is 1. The molecule has 1 atom stereocenters. The van der Waals surface area contributed by atoms with Gasteiger partial charge < -0.3 is 0 Å². The van der Waals surface area contributed by atoms with Gasteiger partial charge in [-0.25, -0.2) is 8.42 Å². The zero-order valence-electron chi connectivity index (χ0n) is 10.8. The van der Waals surface area contributed by atoms with Crippen LogP contribution in [0.2, 0.25) is 5.02 Å². The Labute approximate surface area is 113 Å². The predicted octanol–water partition coefficient (Wildman–Crippen LogP) is 1.54. The zero-order chi connectivity index (χ0) is 14.0. The third-order valence-electron chi connectivity index (χ3n) is 3.32. The molecule has 0 aliphatic heterocycles. The molecule has 4 nitrogen and oxygen atoms in total. The summed E-state index contributed by atoms with van der Waals surface area (Å²) in [6.45, 7) is 3.33. The maximum absolute atomic E-state index is 11.8. The van der Waals surface area contributed by atoms with Crippen molar-refractivity contribution in [3.8, 4) is 0 Å². The highest BCUT2D eigenvalue weighted by molar-refractivity contribution is 7.92. The third kappa shape index (κ3) is 3.45. The van der Waals surface area contributed by atoms with Gasteiger partial charge in [-0.2, -0.15) is 0 Å². The fourth-order valence-corrected chi connectivity index (χ4v) is 2.54. The maximum atomic E-state index is 11.8. The van der Waals surface area contributed by atoms with E-state index >= 15 is 0 Å². The van der Waals surface area contributed by atoms with Crippen molar-refractivity contribution in [2.24, 2.45) is 5.84 Å². The molecule has 18 heavy (non-hydrogen) atoms. The Morgan fingerprint density at radius 3 is 2.50 bits per heavy atom. The fraction of sp³-hybridized carbons (Fsp3) is 0.500. The summed E-state index contributed by atoms with van der Waals surface area (Å²) in [7, 11) is -3.22. The van der Waals surface area contributed by atoms with Crippen LogP contribution >= 0.6 is 11.6 Å². The summed E-state index contributed by atoms with van der Waals surface area (Å²) in [5.74, 6) is 5.49. The molecule has 102 valence electrons. The Morgan fingerprint density at radius 1 is 1.44 bits per heavy atom. The van der Waals surface area contributed by atoms with Crippen molar-refractivity contribution in [1.82, 2.24) is 5.43 Å². The van der Waals surface area contributed by atoms with E-state index in [0.29, 0.717) is 11.4 Å². The van der Waals surface area contributed by atoms with E-state index < -0.39 is 14.6 Å². The van der Waals surface area contributed by atoms with Crippen LogP contribution in [-0.4, -0.2) is 25.5 Å². The number of rotatable bonds is 5. The smallest absolute Gasteiger partial charge is 0.154 e. The van der Waals surface area contributed by atoms with Crippen molar-refractivity contribution >= 4 is 21.4 Å². The molecule has 0 aliphatic carbocycles. The molecule has 0 amide bonds. The van der Waals surface area contributed by atoms with Crippen LogP contribution in [0, 0.1) is 0 Å². The predicted molar refractivity (Wildman–Crippen MR) is 75.2 cm³/mol. The number of nitrogens with two attached hydrogens (primary N) is 1. The van der Waals surface area contributed by atoms with Crippen LogP contribution in [0.5, 0.6) is 0 Å². The van der Waals surface area contributed by atoms with E-state index in [1.807, 2.05) is 18.2 Å². The minimum atomic E-state index is -3.22. The minimum absolute atomic E-state index is 0.383. The lowest BCUT2D eigenvalue weighted by Crippen LogP contribution is -2.55. The summed E-state index contributed by atoms with van der Waals surface area (Å²) in [5, 5.41) is 0.625. The number of benzene rings is 1. The Bertz CT molecular complexity index is 515. The van der Waals surface area contributed by atoms with Gasteiger partial charge in [0.25, 0.3) is 0 Å². The highest BCUT2D eigenvalue weighted by Gasteiger charge is 2.38. The second-order valence-electron chi connectivity index (χ2n) is 4.93. The molecule has 0 aliphatic rings. The summed E-state index contributed by atoms with van der Waals surface area (Å²) in [6, 6.07) is 6.93. The van der Waals surface area contributed by atoms with E-state index in [-0.39, 0.29) is 6.04 Å². The molecule has 1 rings (SSSR count). The van der Waals surface area contributed by atoms with Crippen LogP contribution in [0.1, 0.15) is 19.4 Å². The van der Waals surface area contributed by atoms with Gasteiger partial charge in [0.2, 0.25) is 0 Å². The Balaban J connectivity index is 2.99. The maximum Gasteiger partial charge on any atom is 0.154 e. The van der Waals surface area contributed by atoms with Crippen molar-refractivity contribution in [3.63, 3.8) is 0 Å². The zero-order valence-corrected chi connectivity index (χ0v) is 12.3. The molecule has 0 spiro atoms. The van der Waals surface area contributed by atoms with Crippen molar-refractivity contribution in [3.05, 3.63) is 34.9 Å². The van der Waals surface area contributed by atoms with Gasteiger partial charge in [-0.15, -0.1) is 0 Å². The van der Waals surface area contributed by atoms with Gasteiger partial charge in [0.15, 0.2) is 9.84 Å². The van der Waals surface area contributed by atoms with Crippen LogP contribution in [0.3, 0.4) is 0 Å². The van der Waals surface area contributed by atoms with E-state index in [0.717, 1.165) is 5.56 Å². The highest BCUT2D eigenvalue weighted by Crippen LogP contribution is 2.23. The molecular weight excluding hydrogens is 272 g/mol. The first-order valence-electron chi connectivity index (χ1n) is 5.58. The van der Waals surface area contributed by atoms with Gasteiger partial charge in [-0.05, 0) is 38.0 Å². The summed E-state index contributed by atoms with van der Waals surface area (Å²) in [5.41, 5.74) is 3.54. The molecule has 0 radical (unpaired) electrons. The van der Waals surface area contributed by atoms with Crippen LogP contribution < -0.4 is 11.3 Å². The fourth-order valence-electron chi connectivity index (χ4n) is 1.66. The van der Waals surface area contributed by atoms with E-state index in [9.17, 15) is 8.42 Å². The summed E-state index contributed by atoms with van der Waals surface area (Å²) in [4.78, 5) is 0. The van der Waals surface area contributed by atoms with Gasteiger partial charge in [0, 0.05) is 17.3 Å². The number of halogens is 1. The van der Waals surface area contributed by atoms with Crippen LogP contribution in [0.25, 0.3) is 0 Å². The van der Waals surface area contributed by atoms with E-state index in [4.69, 9.17) is 17.4 Å². The normalized spacial score (nSPS) is 14.5. The average Bonchev–Trinajstić information content (AvgIpc) is 2.24. The molecule has 1 aromatic carbocycles. The summed E-state index contributed by atoms with van der Waals surface area (Å²) < 4.78 is 22.6. The molecule has 0 aromatic heterocycles.